The van der Waals surface area contributed by atoms with Gasteiger partial charge in [-0.1, -0.05) is 68.8 Å². The molecule has 2 rings (SSSR count). The summed E-state index contributed by atoms with van der Waals surface area (Å²) in [5.74, 6) is -0.544. The molecule has 0 aliphatic rings. The zero-order chi connectivity index (χ0) is 28.3. The molecule has 38 heavy (non-hydrogen) atoms. The average Bonchev–Trinajstić information content (AvgIpc) is 2.81. The molecular weight excluding hydrogens is 561 g/mol. The molecule has 0 saturated carbocycles. The van der Waals surface area contributed by atoms with Gasteiger partial charge >= 0.3 is 18.4 Å². The first-order valence-corrected chi connectivity index (χ1v) is 12.7. The van der Waals surface area contributed by atoms with Gasteiger partial charge in [0.2, 0.25) is 5.95 Å². The molecular formula is C23H28Cl2F6N6O. The molecule has 15 heteroatoms. The Morgan fingerprint density at radius 3 is 2.08 bits per heavy atom. The molecule has 1 aromatic heterocycles. The highest BCUT2D eigenvalue weighted by Crippen LogP contribution is 2.36. The van der Waals surface area contributed by atoms with Crippen LogP contribution >= 0.6 is 23.2 Å². The van der Waals surface area contributed by atoms with Crippen LogP contribution in [0.25, 0.3) is 0 Å². The van der Waals surface area contributed by atoms with Crippen LogP contribution in [-0.4, -0.2) is 52.7 Å². The van der Waals surface area contributed by atoms with E-state index in [9.17, 15) is 26.3 Å². The van der Waals surface area contributed by atoms with Gasteiger partial charge in [-0.2, -0.15) is 46.4 Å². The van der Waals surface area contributed by atoms with Gasteiger partial charge in [0, 0.05) is 23.7 Å². The van der Waals surface area contributed by atoms with Gasteiger partial charge in [-0.05, 0) is 25.0 Å². The van der Waals surface area contributed by atoms with Crippen LogP contribution in [0.15, 0.2) is 23.3 Å². The standard InChI is InChI=1S/C23H28Cl2F6N6O/c1-3-5-7-11-37(12-8-6-4-2)20-33-19(36-32-14-15-9-10-16(24)13-17(15)25)34-21(35-20)38-18(22(26,27)28)23(29,30)31/h9-10,13-14,18H,3-8,11-12H2,1-2H3,(H,33,34,35,36)/b32-14+. The largest absolute Gasteiger partial charge is 0.440 e. The minimum atomic E-state index is -5.75. The summed E-state index contributed by atoms with van der Waals surface area (Å²) in [6, 6.07) is 3.44. The number of nitrogens with one attached hydrogen (secondary N) is 1. The predicted molar refractivity (Wildman–Crippen MR) is 135 cm³/mol. The fourth-order valence-electron chi connectivity index (χ4n) is 3.20. The van der Waals surface area contributed by atoms with E-state index in [1.54, 1.807) is 17.0 Å². The molecule has 212 valence electrons. The van der Waals surface area contributed by atoms with Gasteiger partial charge in [0.25, 0.3) is 12.1 Å². The topological polar surface area (TPSA) is 75.5 Å². The second kappa shape index (κ2) is 14.6. The normalized spacial score (nSPS) is 12.4. The van der Waals surface area contributed by atoms with Crippen LogP contribution in [-0.2, 0) is 0 Å². The maximum atomic E-state index is 13.1. The summed E-state index contributed by atoms with van der Waals surface area (Å²) < 4.78 is 83.1. The van der Waals surface area contributed by atoms with Crippen molar-refractivity contribution < 1.29 is 31.1 Å². The van der Waals surface area contributed by atoms with Gasteiger partial charge in [-0.3, -0.25) is 0 Å². The molecule has 1 heterocycles. The number of rotatable bonds is 14. The Kier molecular flexibility index (Phi) is 12.1. The SMILES string of the molecule is CCCCCN(CCCCC)c1nc(N/N=C/c2ccc(Cl)cc2Cl)nc(OC(C(F)(F)F)C(F)(F)F)n1. The van der Waals surface area contributed by atoms with Gasteiger partial charge in [-0.25, -0.2) is 5.43 Å². The number of unbranched alkanes of at least 4 members (excludes halogenated alkanes) is 4. The number of hydrazone groups is 1. The smallest absolute Gasteiger partial charge is 0.434 e. The van der Waals surface area contributed by atoms with Crippen molar-refractivity contribution in [2.24, 2.45) is 5.10 Å². The zero-order valence-electron chi connectivity index (χ0n) is 20.7. The van der Waals surface area contributed by atoms with Crippen molar-refractivity contribution >= 4 is 41.3 Å². The fourth-order valence-corrected chi connectivity index (χ4v) is 3.65. The van der Waals surface area contributed by atoms with E-state index in [2.05, 4.69) is 30.2 Å². The van der Waals surface area contributed by atoms with Crippen molar-refractivity contribution in [3.05, 3.63) is 33.8 Å². The van der Waals surface area contributed by atoms with Gasteiger partial charge in [0.1, 0.15) is 0 Å². The molecule has 1 aromatic carbocycles. The van der Waals surface area contributed by atoms with Crippen molar-refractivity contribution in [2.45, 2.75) is 70.8 Å². The molecule has 0 unspecified atom stereocenters. The van der Waals surface area contributed by atoms with Crippen molar-refractivity contribution in [2.75, 3.05) is 23.4 Å². The van der Waals surface area contributed by atoms with Crippen LogP contribution in [0.5, 0.6) is 6.01 Å². The van der Waals surface area contributed by atoms with Gasteiger partial charge in [0.05, 0.1) is 11.2 Å². The van der Waals surface area contributed by atoms with E-state index < -0.39 is 30.4 Å². The number of alkyl halides is 6. The summed E-state index contributed by atoms with van der Waals surface area (Å²) in [7, 11) is 0. The Bertz CT molecular complexity index is 1030. The maximum Gasteiger partial charge on any atom is 0.434 e. The number of benzene rings is 1. The molecule has 0 atom stereocenters. The Labute approximate surface area is 226 Å². The second-order valence-corrected chi connectivity index (χ2v) is 9.10. The van der Waals surface area contributed by atoms with Crippen LogP contribution in [0, 0.1) is 0 Å². The van der Waals surface area contributed by atoms with E-state index in [1.807, 2.05) is 13.8 Å². The first kappa shape index (κ1) is 31.7. The van der Waals surface area contributed by atoms with Crippen LogP contribution < -0.4 is 15.1 Å². The molecule has 0 amide bonds. The maximum absolute atomic E-state index is 13.1. The molecule has 0 aliphatic heterocycles. The average molecular weight is 589 g/mol. The lowest BCUT2D eigenvalue weighted by molar-refractivity contribution is -0.301. The van der Waals surface area contributed by atoms with E-state index in [1.165, 1.54) is 12.3 Å². The van der Waals surface area contributed by atoms with Crippen LogP contribution in [0.3, 0.4) is 0 Å². The number of nitrogens with zero attached hydrogens (tertiary/aromatic N) is 5. The molecule has 7 nitrogen and oxygen atoms in total. The summed E-state index contributed by atoms with van der Waals surface area (Å²) in [4.78, 5) is 13.2. The quantitative estimate of drug-likeness (QED) is 0.105. The van der Waals surface area contributed by atoms with Crippen molar-refractivity contribution in [1.29, 1.82) is 0 Å². The number of hydrogen-bond donors (Lipinski definition) is 1. The lowest BCUT2D eigenvalue weighted by Crippen LogP contribution is -2.47. The number of hydrogen-bond acceptors (Lipinski definition) is 7. The predicted octanol–water partition coefficient (Wildman–Crippen LogP) is 7.68. The monoisotopic (exact) mass is 588 g/mol. The minimum Gasteiger partial charge on any atom is -0.440 e. The highest BCUT2D eigenvalue weighted by Gasteiger charge is 2.59. The van der Waals surface area contributed by atoms with E-state index in [4.69, 9.17) is 23.2 Å². The molecule has 0 spiro atoms. The summed E-state index contributed by atoms with van der Waals surface area (Å²) in [5.41, 5.74) is 2.84. The van der Waals surface area contributed by atoms with Gasteiger partial charge in [0.15, 0.2) is 0 Å². The molecule has 0 radical (unpaired) electrons. The van der Waals surface area contributed by atoms with Crippen molar-refractivity contribution in [3.8, 4) is 6.01 Å². The van der Waals surface area contributed by atoms with Crippen LogP contribution in [0.1, 0.15) is 57.9 Å². The third-order valence-corrected chi connectivity index (χ3v) is 5.66. The fraction of sp³-hybridized carbons (Fsp3) is 0.565. The first-order chi connectivity index (χ1) is 17.8. The second-order valence-electron chi connectivity index (χ2n) is 8.26. The Hall–Kier alpha value is -2.54. The summed E-state index contributed by atoms with van der Waals surface area (Å²) in [6.45, 7) is 4.87. The lowest BCUT2D eigenvalue weighted by Gasteiger charge is -2.25. The third kappa shape index (κ3) is 10.3. The Morgan fingerprint density at radius 2 is 1.55 bits per heavy atom. The Morgan fingerprint density at radius 1 is 0.947 bits per heavy atom. The number of anilines is 2. The van der Waals surface area contributed by atoms with Crippen LogP contribution in [0.4, 0.5) is 38.2 Å². The lowest BCUT2D eigenvalue weighted by atomic mass is 10.2. The van der Waals surface area contributed by atoms with Crippen LogP contribution in [0.2, 0.25) is 10.0 Å². The zero-order valence-corrected chi connectivity index (χ0v) is 22.2. The summed E-state index contributed by atoms with van der Waals surface area (Å²) in [5, 5.41) is 4.55. The molecule has 1 N–H and O–H groups in total. The van der Waals surface area contributed by atoms with Gasteiger partial charge < -0.3 is 9.64 Å². The van der Waals surface area contributed by atoms with E-state index in [0.29, 0.717) is 36.5 Å². The number of ether oxygens (including phenoxy) is 1. The molecule has 2 aromatic rings. The number of aromatic nitrogens is 3. The first-order valence-electron chi connectivity index (χ1n) is 11.9. The van der Waals surface area contributed by atoms with Crippen molar-refractivity contribution in [1.82, 2.24) is 15.0 Å². The summed E-state index contributed by atoms with van der Waals surface area (Å²) in [6.07, 6.45) is -9.39. The highest BCUT2D eigenvalue weighted by molar-refractivity contribution is 6.36. The van der Waals surface area contributed by atoms with E-state index >= 15 is 0 Å². The number of halogens is 8. The Balaban J connectivity index is 2.44. The highest BCUT2D eigenvalue weighted by atomic mass is 35.5. The van der Waals surface area contributed by atoms with Gasteiger partial charge in [-0.15, -0.1) is 0 Å². The molecule has 0 aliphatic carbocycles. The molecule has 0 saturated heterocycles. The molecule has 0 fully saturated rings. The van der Waals surface area contributed by atoms with Crippen molar-refractivity contribution in [3.63, 3.8) is 0 Å². The molecule has 0 bridgehead atoms. The third-order valence-electron chi connectivity index (χ3n) is 5.10. The van der Waals surface area contributed by atoms with E-state index in [0.717, 1.165) is 25.7 Å². The summed E-state index contributed by atoms with van der Waals surface area (Å²) >= 11 is 11.9. The van der Waals surface area contributed by atoms with E-state index in [-0.39, 0.29) is 11.0 Å². The minimum absolute atomic E-state index is 0.132.